The molecule has 0 radical (unpaired) electrons. The van der Waals surface area contributed by atoms with E-state index in [1.54, 1.807) is 0 Å². The zero-order chi connectivity index (χ0) is 30.8. The Kier molecular flexibility index (Phi) is 7.59. The highest BCUT2D eigenvalue weighted by Crippen LogP contribution is 2.37. The first-order valence-electron chi connectivity index (χ1n) is 15.6. The van der Waals surface area contributed by atoms with Crippen LogP contribution in [0.2, 0.25) is 0 Å². The van der Waals surface area contributed by atoms with E-state index >= 15 is 0 Å². The molecule has 1 nitrogen and oxygen atoms in total. The zero-order valence-electron chi connectivity index (χ0n) is 25.6. The van der Waals surface area contributed by atoms with Gasteiger partial charge >= 0.3 is 0 Å². The summed E-state index contributed by atoms with van der Waals surface area (Å²) >= 11 is 0. The summed E-state index contributed by atoms with van der Waals surface area (Å²) in [6.45, 7) is 9.95. The molecule has 0 saturated carbocycles. The smallest absolute Gasteiger partial charge is 0.0541 e. The first kappa shape index (κ1) is 28.1. The van der Waals surface area contributed by atoms with Crippen LogP contribution in [0.3, 0.4) is 0 Å². The number of aromatic nitrogens is 1. The third-order valence-electron chi connectivity index (χ3n) is 8.64. The van der Waals surface area contributed by atoms with Gasteiger partial charge in [-0.15, -0.1) is 0 Å². The van der Waals surface area contributed by atoms with Crippen LogP contribution >= 0.6 is 0 Å². The molecule has 1 heterocycles. The molecule has 45 heavy (non-hydrogen) atoms. The second-order valence-electron chi connectivity index (χ2n) is 11.4. The Balaban J connectivity index is 1.37. The number of hydrogen-bond donors (Lipinski definition) is 0. The van der Waals surface area contributed by atoms with Gasteiger partial charge in [-0.3, -0.25) is 0 Å². The summed E-state index contributed by atoms with van der Waals surface area (Å²) in [7, 11) is 0. The quantitative estimate of drug-likeness (QED) is 0.169. The zero-order valence-corrected chi connectivity index (χ0v) is 25.6. The van der Waals surface area contributed by atoms with Gasteiger partial charge in [0.25, 0.3) is 0 Å². The van der Waals surface area contributed by atoms with Gasteiger partial charge in [0.15, 0.2) is 0 Å². The third-order valence-corrected chi connectivity index (χ3v) is 8.64. The van der Waals surface area contributed by atoms with Crippen molar-refractivity contribution in [3.63, 3.8) is 0 Å². The Morgan fingerprint density at radius 3 is 1.27 bits per heavy atom. The summed E-state index contributed by atoms with van der Waals surface area (Å²) in [5, 5.41) is 2.48. The van der Waals surface area contributed by atoms with Crippen LogP contribution in [0.5, 0.6) is 0 Å². The van der Waals surface area contributed by atoms with Gasteiger partial charge in [0.1, 0.15) is 0 Å². The molecule has 0 spiro atoms. The molecule has 7 rings (SSSR count). The molecule has 0 aliphatic rings. The summed E-state index contributed by atoms with van der Waals surface area (Å²) in [5.41, 5.74) is 14.2. The van der Waals surface area contributed by atoms with Crippen LogP contribution in [0.15, 0.2) is 153 Å². The predicted molar refractivity (Wildman–Crippen MR) is 197 cm³/mol. The number of rotatable bonds is 8. The number of nitrogens with zero attached hydrogens (tertiary/aromatic N) is 1. The average Bonchev–Trinajstić information content (AvgIpc) is 3.44. The van der Waals surface area contributed by atoms with Gasteiger partial charge < -0.3 is 4.57 Å². The minimum atomic E-state index is 1.04. The van der Waals surface area contributed by atoms with Crippen molar-refractivity contribution in [3.8, 4) is 39.1 Å². The minimum Gasteiger partial charge on any atom is -0.309 e. The van der Waals surface area contributed by atoms with Gasteiger partial charge in [-0.25, -0.2) is 0 Å². The Labute approximate surface area is 265 Å². The minimum absolute atomic E-state index is 1.04. The van der Waals surface area contributed by atoms with Gasteiger partial charge in [0, 0.05) is 16.5 Å². The molecule has 1 aromatic heterocycles. The average molecular weight is 578 g/mol. The molecule has 0 atom stereocenters. The lowest BCUT2D eigenvalue weighted by Crippen LogP contribution is -1.94. The molecule has 0 bridgehead atoms. The van der Waals surface area contributed by atoms with Crippen LogP contribution in [0.1, 0.15) is 30.0 Å². The van der Waals surface area contributed by atoms with Crippen LogP contribution in [0, 0.1) is 0 Å². The fourth-order valence-electron chi connectivity index (χ4n) is 6.13. The molecule has 216 valence electrons. The van der Waals surface area contributed by atoms with Crippen molar-refractivity contribution in [1.29, 1.82) is 0 Å². The largest absolute Gasteiger partial charge is 0.309 e. The van der Waals surface area contributed by atoms with Gasteiger partial charge in [-0.2, -0.15) is 0 Å². The lowest BCUT2D eigenvalue weighted by molar-refractivity contribution is 1.18. The van der Waals surface area contributed by atoms with Crippen molar-refractivity contribution in [2.75, 3.05) is 0 Å². The van der Waals surface area contributed by atoms with Crippen LogP contribution in [0.4, 0.5) is 0 Å². The highest BCUT2D eigenvalue weighted by Gasteiger charge is 2.15. The van der Waals surface area contributed by atoms with Gasteiger partial charge in [0.2, 0.25) is 0 Å². The Bertz CT molecular complexity index is 2170. The van der Waals surface area contributed by atoms with E-state index in [2.05, 4.69) is 170 Å². The standard InChI is InChI=1S/C44H35N/c1-4-7-8-33-13-19-37(20-14-33)39-24-28-44-42(30-39)41-29-38(36-17-11-32(6-3)12-18-36)23-27-43(41)45(44)40-25-21-35(22-26-40)34-15-9-31(5-2)10-16-34/h5-30H,2-4H2,1H3/b8-7-. The predicted octanol–water partition coefficient (Wildman–Crippen LogP) is 12.5. The second kappa shape index (κ2) is 12.1. The van der Waals surface area contributed by atoms with Crippen molar-refractivity contribution in [2.45, 2.75) is 13.3 Å². The molecule has 0 aliphatic heterocycles. The van der Waals surface area contributed by atoms with Crippen molar-refractivity contribution < 1.29 is 0 Å². The van der Waals surface area contributed by atoms with Crippen molar-refractivity contribution in [2.24, 2.45) is 0 Å². The first-order chi connectivity index (χ1) is 22.1. The summed E-state index contributed by atoms with van der Waals surface area (Å²) in [6.07, 6.45) is 9.18. The van der Waals surface area contributed by atoms with Gasteiger partial charge in [0.05, 0.1) is 11.0 Å². The molecule has 0 N–H and O–H groups in total. The van der Waals surface area contributed by atoms with E-state index in [-0.39, 0.29) is 0 Å². The molecular weight excluding hydrogens is 542 g/mol. The number of allylic oxidation sites excluding steroid dienone is 1. The summed E-state index contributed by atoms with van der Waals surface area (Å²) in [5.74, 6) is 0. The molecule has 0 unspecified atom stereocenters. The number of benzene rings is 6. The molecular formula is C44H35N. The van der Waals surface area contributed by atoms with E-state index in [1.165, 1.54) is 60.8 Å². The molecule has 6 aromatic carbocycles. The van der Waals surface area contributed by atoms with Crippen LogP contribution in [0.25, 0.3) is 79.1 Å². The summed E-state index contributed by atoms with van der Waals surface area (Å²) in [6, 6.07) is 48.6. The second-order valence-corrected chi connectivity index (χ2v) is 11.4. The van der Waals surface area contributed by atoms with E-state index in [9.17, 15) is 0 Å². The maximum Gasteiger partial charge on any atom is 0.0541 e. The van der Waals surface area contributed by atoms with E-state index in [4.69, 9.17) is 0 Å². The first-order valence-corrected chi connectivity index (χ1v) is 15.6. The maximum absolute atomic E-state index is 3.91. The molecule has 0 aliphatic carbocycles. The van der Waals surface area contributed by atoms with E-state index < -0.39 is 0 Å². The van der Waals surface area contributed by atoms with Crippen LogP contribution < -0.4 is 0 Å². The summed E-state index contributed by atoms with van der Waals surface area (Å²) in [4.78, 5) is 0. The Morgan fingerprint density at radius 2 is 0.844 bits per heavy atom. The van der Waals surface area contributed by atoms with Gasteiger partial charge in [-0.1, -0.05) is 141 Å². The molecule has 0 saturated heterocycles. The molecule has 0 amide bonds. The van der Waals surface area contributed by atoms with Crippen LogP contribution in [-0.4, -0.2) is 4.57 Å². The third kappa shape index (κ3) is 5.46. The van der Waals surface area contributed by atoms with E-state index in [0.29, 0.717) is 0 Å². The lowest BCUT2D eigenvalue weighted by atomic mass is 9.99. The van der Waals surface area contributed by atoms with Crippen molar-refractivity contribution in [1.82, 2.24) is 4.57 Å². The topological polar surface area (TPSA) is 4.93 Å². The maximum atomic E-state index is 3.91. The fraction of sp³-hybridized carbons (Fsp3) is 0.0455. The Hall–Kier alpha value is -5.66. The summed E-state index contributed by atoms with van der Waals surface area (Å²) < 4.78 is 2.39. The van der Waals surface area contributed by atoms with Crippen molar-refractivity contribution >= 4 is 40.0 Å². The van der Waals surface area contributed by atoms with Crippen molar-refractivity contribution in [3.05, 3.63) is 169 Å². The van der Waals surface area contributed by atoms with Crippen LogP contribution in [-0.2, 0) is 0 Å². The van der Waals surface area contributed by atoms with Gasteiger partial charge in [-0.05, 0) is 92.9 Å². The molecule has 0 fully saturated rings. The number of fused-ring (bicyclic) bond motifs is 3. The normalized spacial score (nSPS) is 11.4. The van der Waals surface area contributed by atoms with E-state index in [0.717, 1.165) is 23.2 Å². The molecule has 1 heteroatoms. The molecule has 7 aromatic rings. The number of hydrogen-bond acceptors (Lipinski definition) is 0. The highest BCUT2D eigenvalue weighted by molar-refractivity contribution is 6.11. The highest BCUT2D eigenvalue weighted by atomic mass is 15.0. The fourth-order valence-corrected chi connectivity index (χ4v) is 6.13. The Morgan fingerprint density at radius 1 is 0.467 bits per heavy atom. The SMILES string of the molecule is C=Cc1ccc(-c2ccc(-n3c4ccc(-c5ccc(C=C)cc5)cc4c4cc(-c5ccc(/C=C\CC)cc5)ccc43)cc2)cc1. The van der Waals surface area contributed by atoms with E-state index in [1.807, 2.05) is 12.2 Å². The monoisotopic (exact) mass is 577 g/mol. The lowest BCUT2D eigenvalue weighted by Gasteiger charge is -2.10.